The van der Waals surface area contributed by atoms with Crippen LogP contribution in [-0.4, -0.2) is 43.4 Å². The van der Waals surface area contributed by atoms with Gasteiger partial charge >= 0.3 is 96.5 Å². The van der Waals surface area contributed by atoms with Crippen LogP contribution in [0.1, 0.15) is 0 Å². The molecule has 0 aliphatic heterocycles. The minimum atomic E-state index is 0.260. The molecule has 2 aromatic heterocycles. The second-order valence-corrected chi connectivity index (χ2v) is 5.10. The molecule has 2 aromatic rings. The molecule has 0 unspecified atom stereocenters. The van der Waals surface area contributed by atoms with Crippen molar-refractivity contribution in [1.82, 2.24) is 17.3 Å². The molecule has 0 N–H and O–H groups in total. The maximum atomic E-state index is 5.56. The Balaban J connectivity index is 2.41. The molecule has 0 radical (unpaired) electrons. The van der Waals surface area contributed by atoms with Gasteiger partial charge in [0.1, 0.15) is 0 Å². The Kier molecular flexibility index (Phi) is 2.59. The van der Waals surface area contributed by atoms with E-state index in [1.165, 1.54) is 0 Å². The summed E-state index contributed by atoms with van der Waals surface area (Å²) >= 11 is 6.30. The average molecular weight is 384 g/mol. The monoisotopic (exact) mass is 384 g/mol. The van der Waals surface area contributed by atoms with Crippen molar-refractivity contribution in [3.63, 3.8) is 0 Å². The van der Waals surface area contributed by atoms with Crippen LogP contribution in [0.2, 0.25) is 5.28 Å². The third-order valence-corrected chi connectivity index (χ3v) is 2.81. The van der Waals surface area contributed by atoms with Gasteiger partial charge in [-0.1, -0.05) is 0 Å². The Morgan fingerprint density at radius 1 is 1.23 bits per heavy atom. The Bertz CT molecular complexity index is 411. The summed E-state index contributed by atoms with van der Waals surface area (Å²) < 4.78 is 2.03. The summed E-state index contributed by atoms with van der Waals surface area (Å²) in [5.74, 6) is 0. The summed E-state index contributed by atoms with van der Waals surface area (Å²) in [6, 6.07) is 0. The summed E-state index contributed by atoms with van der Waals surface area (Å²) in [5.41, 5.74) is 1.78. The van der Waals surface area contributed by atoms with Gasteiger partial charge in [0.25, 0.3) is 0 Å². The maximum absolute atomic E-state index is 5.56. The molecule has 0 aromatic carbocycles. The van der Waals surface area contributed by atoms with Gasteiger partial charge in [-0.05, 0) is 0 Å². The van der Waals surface area contributed by atoms with Crippen molar-refractivity contribution < 1.29 is 0 Å². The van der Waals surface area contributed by atoms with Crippen LogP contribution in [0.3, 0.4) is 0 Å². The Hall–Kier alpha value is -0.498. The van der Waals surface area contributed by atoms with Crippen LogP contribution in [0, 0.1) is 0 Å². The summed E-state index contributed by atoms with van der Waals surface area (Å²) in [6.45, 7) is 0. The van der Waals surface area contributed by atoms with Gasteiger partial charge in [0, 0.05) is 0 Å². The fourth-order valence-corrected chi connectivity index (χ4v) is 1.84. The van der Waals surface area contributed by atoms with E-state index in [4.69, 9.17) is 11.6 Å². The topological polar surface area (TPSA) is 43.6 Å². The molecular weight excluding hydrogens is 380 g/mol. The van der Waals surface area contributed by atoms with Crippen LogP contribution < -0.4 is 0 Å². The summed E-state index contributed by atoms with van der Waals surface area (Å²) in [7, 11) is 0. The zero-order chi connectivity index (χ0) is 9.26. The first-order valence-electron chi connectivity index (χ1n) is 3.53. The van der Waals surface area contributed by atoms with Crippen molar-refractivity contribution in [2.45, 2.75) is 0 Å². The molecule has 4 nitrogen and oxygen atoms in total. The molecule has 0 spiro atoms. The second-order valence-electron chi connectivity index (χ2n) is 2.45. The molecule has 0 atom stereocenters. The van der Waals surface area contributed by atoms with Crippen molar-refractivity contribution in [2.75, 3.05) is 0 Å². The molecule has 2 rings (SSSR count). The van der Waals surface area contributed by atoms with Gasteiger partial charge in [-0.3, -0.25) is 0 Å². The van der Waals surface area contributed by atoms with Crippen LogP contribution in [-0.2, 0) is 0 Å². The molecule has 62 valence electrons. The molecular formula is C7H4ClN4Tl. The van der Waals surface area contributed by atoms with E-state index in [1.807, 2.05) is 8.57 Å². The summed E-state index contributed by atoms with van der Waals surface area (Å²) in [4.78, 5) is 12.0. The number of hydrogen-bond acceptors (Lipinski definition) is 3. The van der Waals surface area contributed by atoms with Crippen molar-refractivity contribution in [3.05, 3.63) is 30.2 Å². The second kappa shape index (κ2) is 3.71. The quantitative estimate of drug-likeness (QED) is 0.543. The standard InChI is InChI=1S/C7H4ClN4.Tl/c8-7-10-1-5(2-11-7)6-3-9-4-12-6;/h1-4H;/q-1;+1. The fourth-order valence-electron chi connectivity index (χ4n) is 0.930. The van der Waals surface area contributed by atoms with Gasteiger partial charge in [0.05, 0.1) is 0 Å². The number of halogens is 1. The molecule has 6 heteroatoms. The number of hydrogen-bond donors (Lipinski definition) is 0. The van der Waals surface area contributed by atoms with Crippen LogP contribution in [0.4, 0.5) is 0 Å². The van der Waals surface area contributed by atoms with E-state index in [0.29, 0.717) is 0 Å². The van der Waals surface area contributed by atoms with Crippen LogP contribution in [0.25, 0.3) is 11.3 Å². The normalized spacial score (nSPS) is 10.2. The van der Waals surface area contributed by atoms with Gasteiger partial charge < -0.3 is 0 Å². The Morgan fingerprint density at radius 2 is 1.92 bits per heavy atom. The van der Waals surface area contributed by atoms with Crippen LogP contribution in [0.5, 0.6) is 0 Å². The van der Waals surface area contributed by atoms with Gasteiger partial charge in [-0.25, -0.2) is 0 Å². The predicted octanol–water partition coefficient (Wildman–Crippen LogP) is 0.925. The number of imidazole rings is 1. The first kappa shape index (κ1) is 9.07. The number of nitrogens with zero attached hydrogens (tertiary/aromatic N) is 4. The van der Waals surface area contributed by atoms with Crippen molar-refractivity contribution in [3.8, 4) is 11.3 Å². The number of aromatic nitrogens is 4. The van der Waals surface area contributed by atoms with Crippen molar-refractivity contribution >= 4 is 37.7 Å². The Labute approximate surface area is 96.1 Å². The van der Waals surface area contributed by atoms with Gasteiger partial charge in [0.2, 0.25) is 0 Å². The summed E-state index contributed by atoms with van der Waals surface area (Å²) in [5, 5.41) is 0.260. The van der Waals surface area contributed by atoms with Gasteiger partial charge in [-0.15, -0.1) is 0 Å². The number of rotatable bonds is 1. The van der Waals surface area contributed by atoms with E-state index in [2.05, 4.69) is 15.0 Å². The van der Waals surface area contributed by atoms with Gasteiger partial charge in [0.15, 0.2) is 0 Å². The van der Waals surface area contributed by atoms with Crippen molar-refractivity contribution in [1.29, 1.82) is 0 Å². The molecule has 2 heterocycles. The fraction of sp³-hybridized carbons (Fsp3) is 0. The predicted molar refractivity (Wildman–Crippen MR) is 49.4 cm³/mol. The molecule has 0 saturated carbocycles. The third-order valence-electron chi connectivity index (χ3n) is 1.52. The average Bonchev–Trinajstić information content (AvgIpc) is 2.53. The van der Waals surface area contributed by atoms with E-state index in [1.54, 1.807) is 18.7 Å². The van der Waals surface area contributed by atoms with Crippen LogP contribution in [0.15, 0.2) is 24.9 Å². The van der Waals surface area contributed by atoms with E-state index in [-0.39, 0.29) is 5.28 Å². The first-order valence-corrected chi connectivity index (χ1v) is 5.91. The first-order chi connectivity index (χ1) is 6.25. The van der Waals surface area contributed by atoms with E-state index in [9.17, 15) is 0 Å². The molecule has 13 heavy (non-hydrogen) atoms. The van der Waals surface area contributed by atoms with E-state index >= 15 is 0 Å². The Morgan fingerprint density at radius 3 is 2.46 bits per heavy atom. The molecule has 0 saturated heterocycles. The van der Waals surface area contributed by atoms with Crippen LogP contribution >= 0.6 is 11.6 Å². The third kappa shape index (κ3) is 2.05. The molecule has 0 bridgehead atoms. The molecule has 0 aliphatic rings. The zero-order valence-electron chi connectivity index (χ0n) is 6.55. The zero-order valence-corrected chi connectivity index (χ0v) is 11.8. The van der Waals surface area contributed by atoms with E-state index < -0.39 is 0 Å². The molecule has 0 amide bonds. The van der Waals surface area contributed by atoms with Gasteiger partial charge in [-0.2, -0.15) is 0 Å². The summed E-state index contributed by atoms with van der Waals surface area (Å²) in [6.07, 6.45) is 7.11. The van der Waals surface area contributed by atoms with Crippen molar-refractivity contribution in [2.24, 2.45) is 0 Å². The van der Waals surface area contributed by atoms with E-state index in [0.717, 1.165) is 37.3 Å². The molecule has 0 aliphatic carbocycles. The SMILES string of the molecule is Clc1ncc(-c2c[n]([Tl])cn2)cn1. The minimum absolute atomic E-state index is 0.260. The molecule has 0 fully saturated rings.